The van der Waals surface area contributed by atoms with Gasteiger partial charge in [-0.3, -0.25) is 9.69 Å². The van der Waals surface area contributed by atoms with Crippen molar-refractivity contribution in [3.63, 3.8) is 0 Å². The minimum atomic E-state index is -4.48. The molecule has 0 bridgehead atoms. The smallest absolute Gasteiger partial charge is 0.418 e. The molecule has 0 aromatic rings. The zero-order chi connectivity index (χ0) is 12.6. The molecule has 2 unspecified atom stereocenters. The van der Waals surface area contributed by atoms with Crippen LogP contribution < -0.4 is 0 Å². The van der Waals surface area contributed by atoms with Crippen molar-refractivity contribution in [2.24, 2.45) is 0 Å². The molecule has 1 rings (SSSR count). The molecular weight excluding hydrogens is 227 g/mol. The summed E-state index contributed by atoms with van der Waals surface area (Å²) in [5, 5.41) is 8.72. The van der Waals surface area contributed by atoms with Gasteiger partial charge in [0, 0.05) is 20.2 Å². The summed E-state index contributed by atoms with van der Waals surface area (Å²) in [5.41, 5.74) is -2.23. The zero-order valence-electron chi connectivity index (χ0n) is 9.04. The number of hydrogen-bond donors (Lipinski definition) is 1. The molecule has 16 heavy (non-hydrogen) atoms. The molecule has 1 N–H and O–H groups in total. The second kappa shape index (κ2) is 4.21. The Morgan fingerprint density at radius 1 is 1.56 bits per heavy atom. The normalized spacial score (nSPS) is 29.3. The lowest BCUT2D eigenvalue weighted by atomic mass is 10.0. The van der Waals surface area contributed by atoms with Crippen molar-refractivity contribution in [3.8, 4) is 0 Å². The lowest BCUT2D eigenvalue weighted by Gasteiger charge is -2.31. The highest BCUT2D eigenvalue weighted by Crippen LogP contribution is 2.40. The summed E-state index contributed by atoms with van der Waals surface area (Å²) in [7, 11) is 1.00. The number of nitrogens with zero attached hydrogens (tertiary/aromatic N) is 1. The van der Waals surface area contributed by atoms with Crippen LogP contribution in [0.2, 0.25) is 0 Å². The van der Waals surface area contributed by atoms with Crippen LogP contribution in [0.5, 0.6) is 0 Å². The molecule has 1 fully saturated rings. The first kappa shape index (κ1) is 13.2. The van der Waals surface area contributed by atoms with Crippen LogP contribution >= 0.6 is 0 Å². The average molecular weight is 241 g/mol. The Kier molecular flexibility index (Phi) is 3.49. The number of halogens is 3. The van der Waals surface area contributed by atoms with Crippen molar-refractivity contribution >= 4 is 5.97 Å². The molecule has 1 aliphatic rings. The Labute approximate surface area is 91.0 Å². The van der Waals surface area contributed by atoms with E-state index < -0.39 is 30.3 Å². The third-order valence-electron chi connectivity index (χ3n) is 3.07. The number of rotatable bonds is 3. The first-order chi connectivity index (χ1) is 7.23. The lowest BCUT2D eigenvalue weighted by molar-refractivity contribution is -0.264. The topological polar surface area (TPSA) is 49.8 Å². The van der Waals surface area contributed by atoms with Crippen molar-refractivity contribution in [2.75, 3.05) is 20.2 Å². The molecule has 0 aliphatic carbocycles. The van der Waals surface area contributed by atoms with Crippen molar-refractivity contribution in [2.45, 2.75) is 31.2 Å². The first-order valence-corrected chi connectivity index (χ1v) is 4.82. The van der Waals surface area contributed by atoms with Crippen molar-refractivity contribution in [1.29, 1.82) is 0 Å². The van der Waals surface area contributed by atoms with Gasteiger partial charge in [0.1, 0.15) is 6.04 Å². The molecule has 2 atom stereocenters. The van der Waals surface area contributed by atoms with Crippen LogP contribution in [-0.4, -0.2) is 54.0 Å². The number of carboxylic acids is 1. The molecule has 0 spiro atoms. The SMILES string of the molecule is COC1(C(F)(F)F)CCN(C(C)C(=O)O)C1. The summed E-state index contributed by atoms with van der Waals surface area (Å²) >= 11 is 0. The maximum Gasteiger partial charge on any atom is 0.418 e. The highest BCUT2D eigenvalue weighted by atomic mass is 19.4. The number of hydrogen-bond acceptors (Lipinski definition) is 3. The van der Waals surface area contributed by atoms with E-state index in [9.17, 15) is 18.0 Å². The van der Waals surface area contributed by atoms with Gasteiger partial charge in [0.15, 0.2) is 5.60 Å². The van der Waals surface area contributed by atoms with E-state index in [1.54, 1.807) is 0 Å². The van der Waals surface area contributed by atoms with Gasteiger partial charge >= 0.3 is 12.1 Å². The highest BCUT2D eigenvalue weighted by molar-refractivity contribution is 5.72. The minimum Gasteiger partial charge on any atom is -0.480 e. The van der Waals surface area contributed by atoms with E-state index in [4.69, 9.17) is 5.11 Å². The van der Waals surface area contributed by atoms with Crippen LogP contribution in [0.3, 0.4) is 0 Å². The molecule has 0 aromatic carbocycles. The third kappa shape index (κ3) is 2.15. The summed E-state index contributed by atoms with van der Waals surface area (Å²) in [5.74, 6) is -1.13. The molecule has 1 heterocycles. The fourth-order valence-corrected chi connectivity index (χ4v) is 1.81. The van der Waals surface area contributed by atoms with Crippen LogP contribution in [0.1, 0.15) is 13.3 Å². The predicted octanol–water partition coefficient (Wildman–Crippen LogP) is 1.11. The van der Waals surface area contributed by atoms with Gasteiger partial charge in [-0.2, -0.15) is 13.2 Å². The Morgan fingerprint density at radius 2 is 2.12 bits per heavy atom. The van der Waals surface area contributed by atoms with Gasteiger partial charge in [0.2, 0.25) is 0 Å². The van der Waals surface area contributed by atoms with Gasteiger partial charge in [0.25, 0.3) is 0 Å². The molecule has 4 nitrogen and oxygen atoms in total. The Hall–Kier alpha value is -0.820. The van der Waals surface area contributed by atoms with E-state index in [2.05, 4.69) is 4.74 Å². The van der Waals surface area contributed by atoms with Crippen molar-refractivity contribution < 1.29 is 27.8 Å². The fourth-order valence-electron chi connectivity index (χ4n) is 1.81. The fraction of sp³-hybridized carbons (Fsp3) is 0.889. The Morgan fingerprint density at radius 3 is 2.44 bits per heavy atom. The van der Waals surface area contributed by atoms with E-state index in [1.807, 2.05) is 0 Å². The molecular formula is C9H14F3NO3. The lowest BCUT2D eigenvalue weighted by Crippen LogP contribution is -2.50. The van der Waals surface area contributed by atoms with Gasteiger partial charge in [-0.15, -0.1) is 0 Å². The molecule has 0 saturated carbocycles. The molecule has 94 valence electrons. The quantitative estimate of drug-likeness (QED) is 0.804. The van der Waals surface area contributed by atoms with E-state index in [0.29, 0.717) is 0 Å². The monoisotopic (exact) mass is 241 g/mol. The number of ether oxygens (including phenoxy) is 1. The van der Waals surface area contributed by atoms with E-state index in [-0.39, 0.29) is 13.0 Å². The molecule has 1 saturated heterocycles. The number of aliphatic carboxylic acids is 1. The zero-order valence-corrected chi connectivity index (χ0v) is 9.04. The second-order valence-electron chi connectivity index (χ2n) is 3.93. The van der Waals surface area contributed by atoms with Crippen molar-refractivity contribution in [3.05, 3.63) is 0 Å². The standard InChI is InChI=1S/C9H14F3NO3/c1-6(7(14)15)13-4-3-8(5-13,16-2)9(10,11)12/h6H,3-5H2,1-2H3,(H,14,15). The molecule has 0 amide bonds. The van der Waals surface area contributed by atoms with E-state index >= 15 is 0 Å². The summed E-state index contributed by atoms with van der Waals surface area (Å²) in [6.07, 6.45) is -4.71. The summed E-state index contributed by atoms with van der Waals surface area (Å²) < 4.78 is 42.8. The maximum atomic E-state index is 12.8. The minimum absolute atomic E-state index is 0.0703. The van der Waals surface area contributed by atoms with Crippen LogP contribution in [0.4, 0.5) is 13.2 Å². The van der Waals surface area contributed by atoms with Gasteiger partial charge in [-0.05, 0) is 13.3 Å². The van der Waals surface area contributed by atoms with Crippen LogP contribution in [0, 0.1) is 0 Å². The predicted molar refractivity (Wildman–Crippen MR) is 49.1 cm³/mol. The van der Waals surface area contributed by atoms with Crippen LogP contribution in [-0.2, 0) is 9.53 Å². The third-order valence-corrected chi connectivity index (χ3v) is 3.07. The van der Waals surface area contributed by atoms with Gasteiger partial charge in [-0.1, -0.05) is 0 Å². The van der Waals surface area contributed by atoms with E-state index in [1.165, 1.54) is 11.8 Å². The number of carbonyl (C=O) groups is 1. The highest BCUT2D eigenvalue weighted by Gasteiger charge is 2.59. The van der Waals surface area contributed by atoms with Crippen LogP contribution in [0.15, 0.2) is 0 Å². The molecule has 7 heteroatoms. The van der Waals surface area contributed by atoms with Gasteiger partial charge < -0.3 is 9.84 Å². The molecule has 0 aromatic heterocycles. The number of carboxylic acid groups (broad SMARTS) is 1. The summed E-state index contributed by atoms with van der Waals surface area (Å²) in [6, 6.07) is -0.931. The first-order valence-electron chi connectivity index (χ1n) is 4.82. The largest absolute Gasteiger partial charge is 0.480 e. The van der Waals surface area contributed by atoms with Crippen LogP contribution in [0.25, 0.3) is 0 Å². The van der Waals surface area contributed by atoms with Crippen molar-refractivity contribution in [1.82, 2.24) is 4.90 Å². The Balaban J connectivity index is 2.80. The van der Waals surface area contributed by atoms with Gasteiger partial charge in [0.05, 0.1) is 0 Å². The number of likely N-dealkylation sites (tertiary alicyclic amines) is 1. The summed E-state index contributed by atoms with van der Waals surface area (Å²) in [6.45, 7) is 1.01. The summed E-state index contributed by atoms with van der Waals surface area (Å²) in [4.78, 5) is 11.9. The average Bonchev–Trinajstić information content (AvgIpc) is 2.60. The number of alkyl halides is 3. The van der Waals surface area contributed by atoms with Gasteiger partial charge in [-0.25, -0.2) is 0 Å². The molecule has 1 aliphatic heterocycles. The number of methoxy groups -OCH3 is 1. The van der Waals surface area contributed by atoms with E-state index in [0.717, 1.165) is 7.11 Å². The maximum absolute atomic E-state index is 12.8. The molecule has 0 radical (unpaired) electrons. The Bertz CT molecular complexity index is 282. The second-order valence-corrected chi connectivity index (χ2v) is 3.93.